The molecule has 0 unspecified atom stereocenters. The number of fused-ring (bicyclic) bond motifs is 1. The standard InChI is InChI=1S/C19H17N3O6/c1-2-27-17(23)11-21-16-9-8-14(22(25)26)10-15(16)18(19(21)24)20-28-12-13-6-4-3-5-7-13/h3-10H,2,11-12H2,1H3/b20-18+. The second kappa shape index (κ2) is 8.30. The molecule has 0 saturated heterocycles. The zero-order valence-corrected chi connectivity index (χ0v) is 15.0. The number of esters is 1. The minimum atomic E-state index is -0.591. The molecule has 9 heteroatoms. The average molecular weight is 383 g/mol. The van der Waals surface area contributed by atoms with Gasteiger partial charge in [-0.1, -0.05) is 35.5 Å². The molecule has 0 saturated carbocycles. The zero-order chi connectivity index (χ0) is 20.1. The lowest BCUT2D eigenvalue weighted by Gasteiger charge is -2.15. The molecular formula is C19H17N3O6. The second-order valence-electron chi connectivity index (χ2n) is 5.85. The van der Waals surface area contributed by atoms with Crippen LogP contribution in [0.3, 0.4) is 0 Å². The Labute approximate surface area is 160 Å². The van der Waals surface area contributed by atoms with E-state index in [2.05, 4.69) is 5.16 Å². The van der Waals surface area contributed by atoms with E-state index in [1.54, 1.807) is 6.92 Å². The molecule has 0 N–H and O–H groups in total. The van der Waals surface area contributed by atoms with Gasteiger partial charge in [0.05, 0.1) is 17.2 Å². The summed E-state index contributed by atoms with van der Waals surface area (Å²) in [5, 5.41) is 15.0. The molecule has 0 aromatic heterocycles. The lowest BCUT2D eigenvalue weighted by Crippen LogP contribution is -2.35. The average Bonchev–Trinajstić information content (AvgIpc) is 2.94. The molecule has 0 aliphatic carbocycles. The number of anilines is 1. The number of amides is 1. The first kappa shape index (κ1) is 19.0. The van der Waals surface area contributed by atoms with E-state index in [1.165, 1.54) is 23.1 Å². The topological polar surface area (TPSA) is 111 Å². The molecule has 0 spiro atoms. The summed E-state index contributed by atoms with van der Waals surface area (Å²) in [5.74, 6) is -1.18. The number of hydrogen-bond acceptors (Lipinski definition) is 7. The summed E-state index contributed by atoms with van der Waals surface area (Å²) < 4.78 is 4.89. The number of hydrogen-bond donors (Lipinski definition) is 0. The molecule has 2 aromatic carbocycles. The molecule has 1 amide bonds. The van der Waals surface area contributed by atoms with Crippen LogP contribution in [-0.2, 0) is 25.8 Å². The van der Waals surface area contributed by atoms with Gasteiger partial charge in [-0.25, -0.2) is 0 Å². The van der Waals surface area contributed by atoms with Crippen molar-refractivity contribution in [2.75, 3.05) is 18.1 Å². The molecular weight excluding hydrogens is 366 g/mol. The van der Waals surface area contributed by atoms with Crippen LogP contribution in [0.15, 0.2) is 53.7 Å². The Morgan fingerprint density at radius 3 is 2.64 bits per heavy atom. The third-order valence-electron chi connectivity index (χ3n) is 4.01. The van der Waals surface area contributed by atoms with E-state index in [0.29, 0.717) is 5.69 Å². The largest absolute Gasteiger partial charge is 0.465 e. The van der Waals surface area contributed by atoms with E-state index < -0.39 is 16.8 Å². The predicted octanol–water partition coefficient (Wildman–Crippen LogP) is 2.43. The van der Waals surface area contributed by atoms with Crippen LogP contribution < -0.4 is 4.90 Å². The maximum Gasteiger partial charge on any atom is 0.326 e. The minimum Gasteiger partial charge on any atom is -0.465 e. The van der Waals surface area contributed by atoms with Crippen molar-refractivity contribution in [1.82, 2.24) is 0 Å². The Hall–Kier alpha value is -3.75. The molecule has 1 heterocycles. The number of oxime groups is 1. The molecule has 0 bridgehead atoms. The number of rotatable bonds is 7. The number of carbonyl (C=O) groups excluding carboxylic acids is 2. The monoisotopic (exact) mass is 383 g/mol. The molecule has 0 fully saturated rings. The molecule has 0 atom stereocenters. The van der Waals surface area contributed by atoms with Gasteiger partial charge in [0.15, 0.2) is 5.71 Å². The van der Waals surface area contributed by atoms with Crippen LogP contribution in [0.25, 0.3) is 0 Å². The SMILES string of the molecule is CCOC(=O)CN1C(=O)/C(=N/OCc2ccccc2)c2cc([N+](=O)[O-])ccc21. The fraction of sp³-hybridized carbons (Fsp3) is 0.211. The number of benzene rings is 2. The van der Waals surface area contributed by atoms with Crippen molar-refractivity contribution in [3.63, 3.8) is 0 Å². The molecule has 28 heavy (non-hydrogen) atoms. The normalized spacial score (nSPS) is 14.1. The van der Waals surface area contributed by atoms with E-state index in [4.69, 9.17) is 9.57 Å². The number of ether oxygens (including phenoxy) is 1. The summed E-state index contributed by atoms with van der Waals surface area (Å²) in [6, 6.07) is 13.1. The highest BCUT2D eigenvalue weighted by Crippen LogP contribution is 2.32. The lowest BCUT2D eigenvalue weighted by molar-refractivity contribution is -0.384. The molecule has 2 aromatic rings. The van der Waals surface area contributed by atoms with Crippen LogP contribution in [-0.4, -0.2) is 35.7 Å². The number of nitrogens with zero attached hydrogens (tertiary/aromatic N) is 3. The molecule has 1 aliphatic heterocycles. The lowest BCUT2D eigenvalue weighted by atomic mass is 10.1. The van der Waals surface area contributed by atoms with Crippen molar-refractivity contribution in [2.45, 2.75) is 13.5 Å². The van der Waals surface area contributed by atoms with Gasteiger partial charge in [0.1, 0.15) is 13.2 Å². The van der Waals surface area contributed by atoms with E-state index in [9.17, 15) is 19.7 Å². The number of nitro groups is 1. The maximum atomic E-state index is 12.8. The Morgan fingerprint density at radius 1 is 1.21 bits per heavy atom. The van der Waals surface area contributed by atoms with Gasteiger partial charge >= 0.3 is 5.97 Å². The summed E-state index contributed by atoms with van der Waals surface area (Å²) in [5.41, 5.74) is 1.13. The number of nitro benzene ring substituents is 1. The fourth-order valence-electron chi connectivity index (χ4n) is 2.74. The Morgan fingerprint density at radius 2 is 1.96 bits per heavy atom. The molecule has 3 rings (SSSR count). The third kappa shape index (κ3) is 3.98. The smallest absolute Gasteiger partial charge is 0.326 e. The molecule has 9 nitrogen and oxygen atoms in total. The number of carbonyl (C=O) groups is 2. The van der Waals surface area contributed by atoms with Crippen molar-refractivity contribution in [3.05, 3.63) is 69.8 Å². The second-order valence-corrected chi connectivity index (χ2v) is 5.85. The van der Waals surface area contributed by atoms with Gasteiger partial charge < -0.3 is 9.57 Å². The summed E-state index contributed by atoms with van der Waals surface area (Å²) >= 11 is 0. The molecule has 0 radical (unpaired) electrons. The molecule has 144 valence electrons. The van der Waals surface area contributed by atoms with Crippen LogP contribution in [0.2, 0.25) is 0 Å². The van der Waals surface area contributed by atoms with Gasteiger partial charge in [-0.3, -0.25) is 24.6 Å². The van der Waals surface area contributed by atoms with Crippen molar-refractivity contribution in [2.24, 2.45) is 5.16 Å². The van der Waals surface area contributed by atoms with Crippen molar-refractivity contribution in [1.29, 1.82) is 0 Å². The van der Waals surface area contributed by atoms with Gasteiger partial charge in [0, 0.05) is 17.7 Å². The van der Waals surface area contributed by atoms with Crippen LogP contribution in [0, 0.1) is 10.1 Å². The predicted molar refractivity (Wildman–Crippen MR) is 99.9 cm³/mol. The van der Waals surface area contributed by atoms with Gasteiger partial charge in [-0.05, 0) is 18.6 Å². The van der Waals surface area contributed by atoms with Crippen LogP contribution >= 0.6 is 0 Å². The van der Waals surface area contributed by atoms with Gasteiger partial charge in [0.2, 0.25) is 0 Å². The van der Waals surface area contributed by atoms with E-state index in [0.717, 1.165) is 5.56 Å². The first-order valence-corrected chi connectivity index (χ1v) is 8.51. The summed E-state index contributed by atoms with van der Waals surface area (Å²) in [7, 11) is 0. The van der Waals surface area contributed by atoms with Gasteiger partial charge in [-0.2, -0.15) is 0 Å². The highest BCUT2D eigenvalue weighted by atomic mass is 16.6. The van der Waals surface area contributed by atoms with E-state index >= 15 is 0 Å². The van der Waals surface area contributed by atoms with Gasteiger partial charge in [-0.15, -0.1) is 0 Å². The van der Waals surface area contributed by atoms with E-state index in [-0.39, 0.29) is 36.7 Å². The Kier molecular flexibility index (Phi) is 5.64. The molecule has 1 aliphatic rings. The van der Waals surface area contributed by atoms with Crippen LogP contribution in [0.5, 0.6) is 0 Å². The highest BCUT2D eigenvalue weighted by Gasteiger charge is 2.37. The number of non-ortho nitro benzene ring substituents is 1. The van der Waals surface area contributed by atoms with Crippen molar-refractivity contribution in [3.8, 4) is 0 Å². The third-order valence-corrected chi connectivity index (χ3v) is 4.01. The first-order valence-electron chi connectivity index (χ1n) is 8.51. The van der Waals surface area contributed by atoms with Crippen molar-refractivity contribution >= 4 is 29.0 Å². The first-order chi connectivity index (χ1) is 13.5. The van der Waals surface area contributed by atoms with Gasteiger partial charge in [0.25, 0.3) is 11.6 Å². The van der Waals surface area contributed by atoms with Crippen LogP contribution in [0.1, 0.15) is 18.1 Å². The Bertz CT molecular complexity index is 942. The summed E-state index contributed by atoms with van der Waals surface area (Å²) in [4.78, 5) is 41.6. The van der Waals surface area contributed by atoms with Crippen molar-refractivity contribution < 1.29 is 24.1 Å². The summed E-state index contributed by atoms with van der Waals surface area (Å²) in [6.45, 7) is 1.63. The minimum absolute atomic E-state index is 0.0982. The summed E-state index contributed by atoms with van der Waals surface area (Å²) in [6.07, 6.45) is 0. The maximum absolute atomic E-state index is 12.8. The quantitative estimate of drug-likeness (QED) is 0.412. The van der Waals surface area contributed by atoms with E-state index in [1.807, 2.05) is 30.3 Å². The van der Waals surface area contributed by atoms with Crippen LogP contribution in [0.4, 0.5) is 11.4 Å². The zero-order valence-electron chi connectivity index (χ0n) is 15.0. The highest BCUT2D eigenvalue weighted by molar-refractivity contribution is 6.54. The Balaban J connectivity index is 1.90. The fourth-order valence-corrected chi connectivity index (χ4v) is 2.74.